The molecule has 0 unspecified atom stereocenters. The summed E-state index contributed by atoms with van der Waals surface area (Å²) in [4.78, 5) is 25.5. The van der Waals surface area contributed by atoms with Gasteiger partial charge in [0.15, 0.2) is 0 Å². The van der Waals surface area contributed by atoms with Crippen LogP contribution in [0, 0.1) is 10.1 Å². The molecule has 1 amide bonds. The van der Waals surface area contributed by atoms with E-state index in [1.165, 1.54) is 18.2 Å². The van der Waals surface area contributed by atoms with Gasteiger partial charge in [0.25, 0.3) is 11.6 Å². The summed E-state index contributed by atoms with van der Waals surface area (Å²) >= 11 is 18.4. The Balaban J connectivity index is 1.48. The van der Waals surface area contributed by atoms with Crippen LogP contribution < -0.4 is 10.2 Å². The van der Waals surface area contributed by atoms with Crippen molar-refractivity contribution in [2.24, 2.45) is 0 Å². The van der Waals surface area contributed by atoms with Gasteiger partial charge >= 0.3 is 0 Å². The third-order valence-corrected chi connectivity index (χ3v) is 6.54. The monoisotopic (exact) mass is 503 g/mol. The number of hydrogen-bond donors (Lipinski definition) is 1. The van der Waals surface area contributed by atoms with Crippen LogP contribution in [-0.4, -0.2) is 23.9 Å². The van der Waals surface area contributed by atoms with Crippen LogP contribution in [0.5, 0.6) is 0 Å². The maximum Gasteiger partial charge on any atom is 0.270 e. The second-order valence-electron chi connectivity index (χ2n) is 7.80. The van der Waals surface area contributed by atoms with Crippen molar-refractivity contribution in [3.05, 3.63) is 96.5 Å². The Morgan fingerprint density at radius 1 is 1.03 bits per heavy atom. The Bertz CT molecular complexity index is 1230. The van der Waals surface area contributed by atoms with E-state index in [9.17, 15) is 14.9 Å². The third kappa shape index (κ3) is 5.41. The number of carbonyl (C=O) groups excluding carboxylic acids is 1. The molecule has 0 saturated heterocycles. The molecular weight excluding hydrogens is 485 g/mol. The molecule has 0 bridgehead atoms. The summed E-state index contributed by atoms with van der Waals surface area (Å²) in [6.07, 6.45) is 2.68. The fourth-order valence-electron chi connectivity index (χ4n) is 3.96. The lowest BCUT2D eigenvalue weighted by atomic mass is 10.00. The summed E-state index contributed by atoms with van der Waals surface area (Å²) in [5.74, 6) is -0.492. The molecule has 170 valence electrons. The molecule has 0 saturated carbocycles. The molecular formula is C24H20Cl3N3O3. The largest absolute Gasteiger partial charge is 0.371 e. The van der Waals surface area contributed by atoms with Crippen LogP contribution in [0.2, 0.25) is 15.1 Å². The summed E-state index contributed by atoms with van der Waals surface area (Å²) in [7, 11) is 0. The number of nitrogens with one attached hydrogen (secondary N) is 1. The Hall–Kier alpha value is -2.80. The number of hydrogen-bond acceptors (Lipinski definition) is 4. The minimum Gasteiger partial charge on any atom is -0.371 e. The number of rotatable bonds is 6. The molecule has 1 N–H and O–H groups in total. The van der Waals surface area contributed by atoms with Gasteiger partial charge in [0, 0.05) is 46.6 Å². The first-order chi connectivity index (χ1) is 15.8. The number of benzene rings is 3. The molecule has 3 aromatic carbocycles. The van der Waals surface area contributed by atoms with Gasteiger partial charge < -0.3 is 10.2 Å². The van der Waals surface area contributed by atoms with Gasteiger partial charge in [-0.1, -0.05) is 40.9 Å². The van der Waals surface area contributed by atoms with Gasteiger partial charge in [-0.05, 0) is 66.8 Å². The van der Waals surface area contributed by atoms with Gasteiger partial charge in [-0.2, -0.15) is 0 Å². The molecule has 0 spiro atoms. The zero-order chi connectivity index (χ0) is 23.5. The van der Waals surface area contributed by atoms with E-state index in [1.54, 1.807) is 6.07 Å². The van der Waals surface area contributed by atoms with E-state index in [1.807, 2.05) is 30.3 Å². The standard InChI is InChI=1S/C24H20Cl3N3O3/c25-17-4-3-15(22(27)13-17)9-11-29-10-1-2-16-12-18(5-8-23(16)29)28-24(31)20-14-19(30(32)33)6-7-21(20)26/h3-8,12-14H,1-2,9-11H2,(H,28,31). The van der Waals surface area contributed by atoms with E-state index in [0.29, 0.717) is 15.7 Å². The van der Waals surface area contributed by atoms with Gasteiger partial charge in [0.1, 0.15) is 0 Å². The van der Waals surface area contributed by atoms with Crippen molar-refractivity contribution in [2.45, 2.75) is 19.3 Å². The normalized spacial score (nSPS) is 12.9. The molecule has 0 fully saturated rings. The van der Waals surface area contributed by atoms with Crippen molar-refractivity contribution < 1.29 is 9.72 Å². The highest BCUT2D eigenvalue weighted by Crippen LogP contribution is 2.31. The Kier molecular flexibility index (Phi) is 7.08. The number of halogens is 3. The Morgan fingerprint density at radius 2 is 1.85 bits per heavy atom. The molecule has 6 nitrogen and oxygen atoms in total. The number of nitrogens with zero attached hydrogens (tertiary/aromatic N) is 2. The first-order valence-electron chi connectivity index (χ1n) is 10.4. The SMILES string of the molecule is O=C(Nc1ccc2c(c1)CCCN2CCc1ccc(Cl)cc1Cl)c1cc([N+](=O)[O-])ccc1Cl. The molecule has 9 heteroatoms. The molecule has 1 heterocycles. The van der Waals surface area contributed by atoms with E-state index in [2.05, 4.69) is 10.2 Å². The number of fused-ring (bicyclic) bond motifs is 1. The number of non-ortho nitro benzene ring substituents is 1. The smallest absolute Gasteiger partial charge is 0.270 e. The van der Waals surface area contributed by atoms with Crippen LogP contribution in [0.25, 0.3) is 0 Å². The topological polar surface area (TPSA) is 75.5 Å². The molecule has 4 rings (SSSR count). The van der Waals surface area contributed by atoms with Crippen LogP contribution in [0.1, 0.15) is 27.9 Å². The van der Waals surface area contributed by atoms with Crippen LogP contribution >= 0.6 is 34.8 Å². The summed E-state index contributed by atoms with van der Waals surface area (Å²) in [5.41, 5.74) is 3.79. The average Bonchev–Trinajstić information content (AvgIpc) is 2.78. The number of nitro groups is 1. The fraction of sp³-hybridized carbons (Fsp3) is 0.208. The lowest BCUT2D eigenvalue weighted by Gasteiger charge is -2.32. The van der Waals surface area contributed by atoms with E-state index in [4.69, 9.17) is 34.8 Å². The van der Waals surface area contributed by atoms with Crippen molar-refractivity contribution in [3.8, 4) is 0 Å². The van der Waals surface area contributed by atoms with E-state index < -0.39 is 10.8 Å². The highest BCUT2D eigenvalue weighted by Gasteiger charge is 2.20. The summed E-state index contributed by atoms with van der Waals surface area (Å²) in [5, 5.41) is 15.3. The number of aryl methyl sites for hydroxylation is 1. The predicted molar refractivity (Wildman–Crippen MR) is 133 cm³/mol. The van der Waals surface area contributed by atoms with E-state index in [0.717, 1.165) is 49.2 Å². The summed E-state index contributed by atoms with van der Waals surface area (Å²) in [6, 6.07) is 15.1. The average molecular weight is 505 g/mol. The second kappa shape index (κ2) is 10.00. The first-order valence-corrected chi connectivity index (χ1v) is 11.5. The molecule has 0 atom stereocenters. The van der Waals surface area contributed by atoms with Gasteiger partial charge in [0.2, 0.25) is 0 Å². The van der Waals surface area contributed by atoms with E-state index in [-0.39, 0.29) is 16.3 Å². The zero-order valence-electron chi connectivity index (χ0n) is 17.5. The van der Waals surface area contributed by atoms with Crippen molar-refractivity contribution in [3.63, 3.8) is 0 Å². The predicted octanol–water partition coefficient (Wildman–Crippen LogP) is 6.80. The van der Waals surface area contributed by atoms with Crippen molar-refractivity contribution in [1.29, 1.82) is 0 Å². The van der Waals surface area contributed by atoms with Gasteiger partial charge in [-0.25, -0.2) is 0 Å². The third-order valence-electron chi connectivity index (χ3n) is 5.62. The van der Waals surface area contributed by atoms with Crippen LogP contribution in [0.4, 0.5) is 17.1 Å². The molecule has 0 aliphatic carbocycles. The number of amides is 1. The minimum atomic E-state index is -0.558. The molecule has 3 aromatic rings. The number of carbonyl (C=O) groups is 1. The summed E-state index contributed by atoms with van der Waals surface area (Å²) in [6.45, 7) is 1.75. The molecule has 0 radical (unpaired) electrons. The first kappa shape index (κ1) is 23.4. The molecule has 33 heavy (non-hydrogen) atoms. The van der Waals surface area contributed by atoms with Crippen LogP contribution in [-0.2, 0) is 12.8 Å². The zero-order valence-corrected chi connectivity index (χ0v) is 19.8. The maximum atomic E-state index is 12.7. The minimum absolute atomic E-state index is 0.0602. The molecule has 1 aliphatic rings. The lowest BCUT2D eigenvalue weighted by Crippen LogP contribution is -2.31. The van der Waals surface area contributed by atoms with Gasteiger partial charge in [0.05, 0.1) is 15.5 Å². The van der Waals surface area contributed by atoms with Crippen molar-refractivity contribution >= 4 is 57.8 Å². The maximum absolute atomic E-state index is 12.7. The Labute approximate surface area is 206 Å². The van der Waals surface area contributed by atoms with Crippen molar-refractivity contribution in [2.75, 3.05) is 23.3 Å². The van der Waals surface area contributed by atoms with E-state index >= 15 is 0 Å². The number of anilines is 2. The van der Waals surface area contributed by atoms with Crippen LogP contribution in [0.15, 0.2) is 54.6 Å². The fourth-order valence-corrected chi connectivity index (χ4v) is 4.67. The highest BCUT2D eigenvalue weighted by molar-refractivity contribution is 6.35. The van der Waals surface area contributed by atoms with Gasteiger partial charge in [-0.15, -0.1) is 0 Å². The number of nitro benzene ring substituents is 1. The summed E-state index contributed by atoms with van der Waals surface area (Å²) < 4.78 is 0. The van der Waals surface area contributed by atoms with Crippen molar-refractivity contribution in [1.82, 2.24) is 0 Å². The molecule has 0 aromatic heterocycles. The lowest BCUT2D eigenvalue weighted by molar-refractivity contribution is -0.384. The van der Waals surface area contributed by atoms with Crippen LogP contribution in [0.3, 0.4) is 0 Å². The molecule has 1 aliphatic heterocycles. The quantitative estimate of drug-likeness (QED) is 0.296. The Morgan fingerprint density at radius 3 is 2.61 bits per heavy atom. The second-order valence-corrected chi connectivity index (χ2v) is 9.05. The highest BCUT2D eigenvalue weighted by atomic mass is 35.5. The van der Waals surface area contributed by atoms with Gasteiger partial charge in [-0.3, -0.25) is 14.9 Å².